The lowest BCUT2D eigenvalue weighted by atomic mass is 9.70. The maximum atomic E-state index is 11.6. The molecule has 1 atom stereocenters. The molecule has 1 N–H and O–H groups in total. The van der Waals surface area contributed by atoms with Crippen LogP contribution < -0.4 is 0 Å². The Balaban J connectivity index is 2.55. The van der Waals surface area contributed by atoms with E-state index in [4.69, 9.17) is 0 Å². The molecule has 2 aliphatic heterocycles. The van der Waals surface area contributed by atoms with Gasteiger partial charge in [-0.05, 0) is 12.5 Å². The van der Waals surface area contributed by atoms with Crippen LogP contribution in [0.2, 0.25) is 0 Å². The minimum atomic E-state index is -1.03. The highest BCUT2D eigenvalue weighted by Crippen LogP contribution is 2.49. The number of rotatable bonds is 1. The van der Waals surface area contributed by atoms with E-state index in [2.05, 4.69) is 0 Å². The molecule has 4 nitrogen and oxygen atoms in total. The molecule has 0 aliphatic carbocycles. The van der Waals surface area contributed by atoms with E-state index in [1.807, 2.05) is 13.8 Å². The molecule has 0 saturated carbocycles. The molecule has 2 aliphatic rings. The van der Waals surface area contributed by atoms with Crippen molar-refractivity contribution in [1.82, 2.24) is 4.90 Å². The van der Waals surface area contributed by atoms with Crippen LogP contribution in [0.3, 0.4) is 0 Å². The van der Waals surface area contributed by atoms with E-state index in [1.165, 1.54) is 11.0 Å². The maximum absolute atomic E-state index is 11.6. The van der Waals surface area contributed by atoms with Gasteiger partial charge in [0, 0.05) is 18.4 Å². The maximum Gasteiger partial charge on any atom is 0.330 e. The molecule has 0 aromatic rings. The summed E-state index contributed by atoms with van der Waals surface area (Å²) < 4.78 is 0. The van der Waals surface area contributed by atoms with Crippen molar-refractivity contribution in [1.29, 1.82) is 0 Å². The average Bonchev–Trinajstić information content (AvgIpc) is 2.41. The summed E-state index contributed by atoms with van der Waals surface area (Å²) in [4.78, 5) is 24.6. The molecule has 82 valence electrons. The highest BCUT2D eigenvalue weighted by atomic mass is 16.4. The lowest BCUT2D eigenvalue weighted by molar-refractivity contribution is -0.161. The summed E-state index contributed by atoms with van der Waals surface area (Å²) in [6.45, 7) is 4.39. The standard InChI is InChI=1S/C11H15NO3/c1-10(2)6-7-12-8(13)4-3-5-11(10,12)9(14)15/h3-4H,5-7H2,1-2H3,(H,14,15). The molecule has 1 amide bonds. The molecule has 0 aromatic carbocycles. The van der Waals surface area contributed by atoms with Gasteiger partial charge in [0.2, 0.25) is 5.91 Å². The highest BCUT2D eigenvalue weighted by Gasteiger charge is 2.61. The third kappa shape index (κ3) is 1.07. The largest absolute Gasteiger partial charge is 0.479 e. The van der Waals surface area contributed by atoms with E-state index in [0.29, 0.717) is 13.0 Å². The molecule has 0 spiro atoms. The number of hydrogen-bond acceptors (Lipinski definition) is 2. The van der Waals surface area contributed by atoms with Crippen LogP contribution in [0.25, 0.3) is 0 Å². The summed E-state index contributed by atoms with van der Waals surface area (Å²) >= 11 is 0. The summed E-state index contributed by atoms with van der Waals surface area (Å²) in [5.41, 5.74) is -1.39. The van der Waals surface area contributed by atoms with Crippen LogP contribution in [0.1, 0.15) is 26.7 Å². The fourth-order valence-corrected chi connectivity index (χ4v) is 2.75. The number of fused-ring (bicyclic) bond motifs is 1. The fourth-order valence-electron chi connectivity index (χ4n) is 2.75. The highest BCUT2D eigenvalue weighted by molar-refractivity contribution is 5.96. The molecular formula is C11H15NO3. The summed E-state index contributed by atoms with van der Waals surface area (Å²) in [6.07, 6.45) is 4.32. The van der Waals surface area contributed by atoms with Gasteiger partial charge in [-0.2, -0.15) is 0 Å². The van der Waals surface area contributed by atoms with Crippen LogP contribution in [-0.2, 0) is 9.59 Å². The molecule has 4 heteroatoms. The Labute approximate surface area is 88.6 Å². The van der Waals surface area contributed by atoms with Gasteiger partial charge in [-0.25, -0.2) is 4.79 Å². The van der Waals surface area contributed by atoms with Crippen LogP contribution in [0.4, 0.5) is 0 Å². The van der Waals surface area contributed by atoms with Gasteiger partial charge in [0.1, 0.15) is 5.54 Å². The first-order valence-corrected chi connectivity index (χ1v) is 5.13. The van der Waals surface area contributed by atoms with Crippen LogP contribution in [0, 0.1) is 5.41 Å². The predicted molar refractivity (Wildman–Crippen MR) is 54.2 cm³/mol. The minimum absolute atomic E-state index is 0.172. The molecule has 0 aromatic heterocycles. The molecule has 1 fully saturated rings. The molecule has 0 bridgehead atoms. The predicted octanol–water partition coefficient (Wildman–Crippen LogP) is 1.03. The first-order valence-electron chi connectivity index (χ1n) is 5.13. The molecular weight excluding hydrogens is 194 g/mol. The number of carboxylic acid groups (broad SMARTS) is 1. The fraction of sp³-hybridized carbons (Fsp3) is 0.636. The van der Waals surface area contributed by atoms with Crippen LogP contribution in [0.5, 0.6) is 0 Å². The zero-order valence-corrected chi connectivity index (χ0v) is 8.99. The van der Waals surface area contributed by atoms with Crippen molar-refractivity contribution >= 4 is 11.9 Å². The summed E-state index contributed by atoms with van der Waals surface area (Å²) in [7, 11) is 0. The van der Waals surface area contributed by atoms with Crippen molar-refractivity contribution in [2.45, 2.75) is 32.2 Å². The minimum Gasteiger partial charge on any atom is -0.479 e. The Bertz CT molecular complexity index is 359. The Morgan fingerprint density at radius 3 is 2.73 bits per heavy atom. The van der Waals surface area contributed by atoms with Crippen LogP contribution >= 0.6 is 0 Å². The molecule has 2 heterocycles. The quantitative estimate of drug-likeness (QED) is 0.701. The lowest BCUT2D eigenvalue weighted by Gasteiger charge is -2.43. The van der Waals surface area contributed by atoms with Crippen LogP contribution in [-0.4, -0.2) is 34.0 Å². The van der Waals surface area contributed by atoms with Gasteiger partial charge in [0.05, 0.1) is 0 Å². The number of hydrogen-bond donors (Lipinski definition) is 1. The molecule has 1 unspecified atom stereocenters. The second-order valence-electron chi connectivity index (χ2n) is 4.90. The third-order valence-corrected chi connectivity index (χ3v) is 3.83. The first-order chi connectivity index (χ1) is 6.92. The number of aliphatic carboxylic acids is 1. The number of carbonyl (C=O) groups is 2. The summed E-state index contributed by atoms with van der Waals surface area (Å²) in [6, 6.07) is 0. The number of amides is 1. The Kier molecular flexibility index (Phi) is 1.93. The molecule has 1 saturated heterocycles. The first kappa shape index (κ1) is 10.2. The van der Waals surface area contributed by atoms with Gasteiger partial charge in [-0.15, -0.1) is 0 Å². The average molecular weight is 209 g/mol. The molecule has 0 radical (unpaired) electrons. The Morgan fingerprint density at radius 2 is 2.20 bits per heavy atom. The zero-order valence-electron chi connectivity index (χ0n) is 8.99. The van der Waals surface area contributed by atoms with Gasteiger partial charge in [-0.3, -0.25) is 4.79 Å². The van der Waals surface area contributed by atoms with E-state index >= 15 is 0 Å². The number of nitrogens with zero attached hydrogens (tertiary/aromatic N) is 1. The third-order valence-electron chi connectivity index (χ3n) is 3.83. The van der Waals surface area contributed by atoms with Crippen molar-refractivity contribution in [3.05, 3.63) is 12.2 Å². The Hall–Kier alpha value is -1.32. The van der Waals surface area contributed by atoms with Gasteiger partial charge in [-0.1, -0.05) is 19.9 Å². The second kappa shape index (κ2) is 2.84. The molecule has 15 heavy (non-hydrogen) atoms. The van der Waals surface area contributed by atoms with Gasteiger partial charge in [0.15, 0.2) is 0 Å². The van der Waals surface area contributed by atoms with Crippen molar-refractivity contribution < 1.29 is 14.7 Å². The zero-order chi connectivity index (χ0) is 11.3. The van der Waals surface area contributed by atoms with E-state index in [0.717, 1.165) is 6.42 Å². The van der Waals surface area contributed by atoms with E-state index in [9.17, 15) is 14.7 Å². The summed E-state index contributed by atoms with van der Waals surface area (Å²) in [5, 5.41) is 9.42. The number of carbonyl (C=O) groups excluding carboxylic acids is 1. The van der Waals surface area contributed by atoms with Crippen molar-refractivity contribution in [3.8, 4) is 0 Å². The second-order valence-corrected chi connectivity index (χ2v) is 4.90. The van der Waals surface area contributed by atoms with Crippen molar-refractivity contribution in [3.63, 3.8) is 0 Å². The Morgan fingerprint density at radius 1 is 1.53 bits per heavy atom. The number of carboxylic acids is 1. The molecule has 2 rings (SSSR count). The van der Waals surface area contributed by atoms with Gasteiger partial charge < -0.3 is 10.0 Å². The summed E-state index contributed by atoms with van der Waals surface area (Å²) in [5.74, 6) is -1.06. The normalized spacial score (nSPS) is 32.9. The smallest absolute Gasteiger partial charge is 0.330 e. The van der Waals surface area contributed by atoms with Crippen LogP contribution in [0.15, 0.2) is 12.2 Å². The van der Waals surface area contributed by atoms with Crippen molar-refractivity contribution in [2.75, 3.05) is 6.54 Å². The van der Waals surface area contributed by atoms with E-state index in [1.54, 1.807) is 6.08 Å². The van der Waals surface area contributed by atoms with Gasteiger partial charge >= 0.3 is 5.97 Å². The topological polar surface area (TPSA) is 57.6 Å². The lowest BCUT2D eigenvalue weighted by Crippen LogP contribution is -2.60. The van der Waals surface area contributed by atoms with Crippen molar-refractivity contribution in [2.24, 2.45) is 5.41 Å². The van der Waals surface area contributed by atoms with E-state index < -0.39 is 11.5 Å². The SMILES string of the molecule is CC1(C)CCN2C(=O)C=CCC21C(=O)O. The monoisotopic (exact) mass is 209 g/mol. The van der Waals surface area contributed by atoms with Gasteiger partial charge in [0.25, 0.3) is 0 Å². The van der Waals surface area contributed by atoms with E-state index in [-0.39, 0.29) is 11.3 Å².